The molecule has 0 fully saturated rings. The van der Waals surface area contributed by atoms with Gasteiger partial charge in [-0.15, -0.1) is 24.0 Å². The predicted octanol–water partition coefficient (Wildman–Crippen LogP) is 3.23. The van der Waals surface area contributed by atoms with Crippen molar-refractivity contribution in [3.8, 4) is 11.5 Å². The van der Waals surface area contributed by atoms with Crippen molar-refractivity contribution < 1.29 is 9.47 Å². The zero-order valence-electron chi connectivity index (χ0n) is 17.8. The Morgan fingerprint density at radius 3 is 2.30 bits per heavy atom. The summed E-state index contributed by atoms with van der Waals surface area (Å²) in [5.41, 5.74) is 1.15. The van der Waals surface area contributed by atoms with E-state index in [2.05, 4.69) is 60.8 Å². The van der Waals surface area contributed by atoms with Gasteiger partial charge in [-0.05, 0) is 51.9 Å². The third kappa shape index (κ3) is 8.35. The molecule has 0 heterocycles. The summed E-state index contributed by atoms with van der Waals surface area (Å²) in [7, 11) is 9.23. The largest absolute Gasteiger partial charge is 0.493 e. The number of ether oxygens (including phenoxy) is 2. The minimum atomic E-state index is 0. The first-order valence-corrected chi connectivity index (χ1v) is 9.88. The molecule has 0 aliphatic rings. The maximum absolute atomic E-state index is 5.44. The number of hydrogen-bond acceptors (Lipinski definition) is 5. The van der Waals surface area contributed by atoms with E-state index in [0.29, 0.717) is 0 Å². The number of likely N-dealkylation sites (N-methyl/N-ethyl adjacent to an activating group) is 1. The van der Waals surface area contributed by atoms with Crippen molar-refractivity contribution in [1.29, 1.82) is 0 Å². The van der Waals surface area contributed by atoms with E-state index < -0.39 is 0 Å². The highest BCUT2D eigenvalue weighted by molar-refractivity contribution is 14.0. The van der Waals surface area contributed by atoms with Gasteiger partial charge in [-0.1, -0.05) is 6.07 Å². The maximum Gasteiger partial charge on any atom is 0.191 e. The number of guanidine groups is 1. The highest BCUT2D eigenvalue weighted by atomic mass is 127. The Morgan fingerprint density at radius 1 is 1.19 bits per heavy atom. The molecule has 0 aliphatic heterocycles. The maximum atomic E-state index is 5.44. The second-order valence-electron chi connectivity index (χ2n) is 6.86. The van der Waals surface area contributed by atoms with E-state index >= 15 is 0 Å². The van der Waals surface area contributed by atoms with Crippen molar-refractivity contribution in [1.82, 2.24) is 15.5 Å². The van der Waals surface area contributed by atoms with Gasteiger partial charge in [0.05, 0.1) is 20.3 Å². The predicted molar refractivity (Wildman–Crippen MR) is 128 cm³/mol. The number of benzene rings is 1. The van der Waals surface area contributed by atoms with Crippen LogP contribution in [0.25, 0.3) is 0 Å². The van der Waals surface area contributed by atoms with Gasteiger partial charge in [0, 0.05) is 24.9 Å². The molecule has 0 aliphatic carbocycles. The van der Waals surface area contributed by atoms with Crippen LogP contribution in [0.4, 0.5) is 0 Å². The molecule has 1 atom stereocenters. The molecule has 2 N–H and O–H groups in total. The molecule has 1 unspecified atom stereocenters. The first-order valence-electron chi connectivity index (χ1n) is 8.66. The van der Waals surface area contributed by atoms with Gasteiger partial charge in [0.2, 0.25) is 0 Å². The van der Waals surface area contributed by atoms with Crippen LogP contribution in [0.3, 0.4) is 0 Å². The first kappa shape index (κ1) is 26.1. The Kier molecular flexibility index (Phi) is 12.2. The van der Waals surface area contributed by atoms with Crippen LogP contribution in [-0.2, 0) is 0 Å². The number of nitrogens with zero attached hydrogens (tertiary/aromatic N) is 2. The summed E-state index contributed by atoms with van der Waals surface area (Å²) in [5.74, 6) is 2.28. The topological polar surface area (TPSA) is 58.1 Å². The molecule has 0 spiro atoms. The molecule has 8 heteroatoms. The molecular weight excluding hydrogens is 475 g/mol. The Morgan fingerprint density at radius 2 is 1.81 bits per heavy atom. The number of methoxy groups -OCH3 is 2. The fourth-order valence-corrected chi connectivity index (χ4v) is 2.66. The van der Waals surface area contributed by atoms with Crippen molar-refractivity contribution in [3.05, 3.63) is 23.8 Å². The molecule has 0 saturated heterocycles. The van der Waals surface area contributed by atoms with Crippen LogP contribution in [0, 0.1) is 0 Å². The van der Waals surface area contributed by atoms with Gasteiger partial charge >= 0.3 is 0 Å². The van der Waals surface area contributed by atoms with Gasteiger partial charge in [-0.2, -0.15) is 11.8 Å². The number of aliphatic imine (C=N–C) groups is 1. The number of nitrogens with one attached hydrogen (secondary N) is 2. The SMILES string of the molecule is CN=C(NCC(c1ccc(OC)c(OC)c1)N(C)C)NCC(C)(C)SC.I. The Balaban J connectivity index is 0.00000676. The van der Waals surface area contributed by atoms with Crippen molar-refractivity contribution >= 4 is 41.7 Å². The summed E-state index contributed by atoms with van der Waals surface area (Å²) in [6.45, 7) is 5.99. The standard InChI is InChI=1S/C19H34N4O2S.HI/c1-19(2,26-8)13-22-18(20-3)21-12-15(23(4)5)14-9-10-16(24-6)17(11-14)25-7;/h9-11,15H,12-13H2,1-8H3,(H2,20,21,22);1H. The lowest BCUT2D eigenvalue weighted by Crippen LogP contribution is -2.45. The van der Waals surface area contributed by atoms with Crippen molar-refractivity contribution in [3.63, 3.8) is 0 Å². The normalized spacial score (nSPS) is 13.0. The molecule has 0 aromatic heterocycles. The van der Waals surface area contributed by atoms with Crippen molar-refractivity contribution in [2.45, 2.75) is 24.6 Å². The summed E-state index contributed by atoms with van der Waals surface area (Å²) in [5, 5.41) is 6.83. The van der Waals surface area contributed by atoms with E-state index in [4.69, 9.17) is 9.47 Å². The molecule has 0 amide bonds. The smallest absolute Gasteiger partial charge is 0.191 e. The van der Waals surface area contributed by atoms with Crippen molar-refractivity contribution in [2.75, 3.05) is 54.7 Å². The van der Waals surface area contributed by atoms with E-state index in [1.54, 1.807) is 21.3 Å². The Labute approximate surface area is 185 Å². The second-order valence-corrected chi connectivity index (χ2v) is 8.38. The molecule has 156 valence electrons. The molecule has 1 rings (SSSR count). The van der Waals surface area contributed by atoms with Crippen LogP contribution in [-0.4, -0.2) is 70.3 Å². The number of thioether (sulfide) groups is 1. The fourth-order valence-electron chi connectivity index (χ4n) is 2.44. The summed E-state index contributed by atoms with van der Waals surface area (Å²) < 4.78 is 10.9. The first-order chi connectivity index (χ1) is 12.3. The second kappa shape index (κ2) is 12.6. The van der Waals surface area contributed by atoms with Crippen LogP contribution in [0.15, 0.2) is 23.2 Å². The zero-order chi connectivity index (χ0) is 19.7. The fraction of sp³-hybridized carbons (Fsp3) is 0.632. The number of rotatable bonds is 9. The highest BCUT2D eigenvalue weighted by Crippen LogP contribution is 2.31. The summed E-state index contributed by atoms with van der Waals surface area (Å²) >= 11 is 1.83. The van der Waals surface area contributed by atoms with Gasteiger partial charge in [0.1, 0.15) is 0 Å². The van der Waals surface area contributed by atoms with Gasteiger partial charge in [-0.3, -0.25) is 4.99 Å². The van der Waals surface area contributed by atoms with E-state index in [1.165, 1.54) is 0 Å². The van der Waals surface area contributed by atoms with Crippen LogP contribution >= 0.6 is 35.7 Å². The summed E-state index contributed by atoms with van der Waals surface area (Å²) in [6, 6.07) is 6.21. The van der Waals surface area contributed by atoms with Gasteiger partial charge in [-0.25, -0.2) is 0 Å². The highest BCUT2D eigenvalue weighted by Gasteiger charge is 2.19. The molecule has 1 aromatic carbocycles. The summed E-state index contributed by atoms with van der Waals surface area (Å²) in [6.07, 6.45) is 2.12. The average Bonchev–Trinajstić information content (AvgIpc) is 2.63. The molecule has 1 aromatic rings. The van der Waals surface area contributed by atoms with E-state index in [1.807, 2.05) is 23.9 Å². The van der Waals surface area contributed by atoms with Gasteiger partial charge in [0.25, 0.3) is 0 Å². The minimum Gasteiger partial charge on any atom is -0.493 e. The Hall–Kier alpha value is -0.870. The quantitative estimate of drug-likeness (QED) is 0.302. The molecule has 27 heavy (non-hydrogen) atoms. The molecule has 6 nitrogen and oxygen atoms in total. The zero-order valence-corrected chi connectivity index (χ0v) is 20.9. The summed E-state index contributed by atoms with van der Waals surface area (Å²) in [4.78, 5) is 6.51. The average molecular weight is 510 g/mol. The van der Waals surface area contributed by atoms with Gasteiger partial charge in [0.15, 0.2) is 17.5 Å². The van der Waals surface area contributed by atoms with E-state index in [0.717, 1.165) is 36.1 Å². The minimum absolute atomic E-state index is 0. The lowest BCUT2D eigenvalue weighted by Gasteiger charge is -2.28. The van der Waals surface area contributed by atoms with Crippen LogP contribution in [0.1, 0.15) is 25.5 Å². The lowest BCUT2D eigenvalue weighted by molar-refractivity contribution is 0.295. The van der Waals surface area contributed by atoms with E-state index in [-0.39, 0.29) is 34.8 Å². The number of hydrogen-bond donors (Lipinski definition) is 2. The van der Waals surface area contributed by atoms with E-state index in [9.17, 15) is 0 Å². The monoisotopic (exact) mass is 510 g/mol. The molecule has 0 saturated carbocycles. The molecule has 0 bridgehead atoms. The third-order valence-electron chi connectivity index (χ3n) is 4.34. The van der Waals surface area contributed by atoms with Gasteiger partial charge < -0.3 is 25.0 Å². The Bertz CT molecular complexity index is 597. The lowest BCUT2D eigenvalue weighted by atomic mass is 10.1. The van der Waals surface area contributed by atoms with Crippen LogP contribution < -0.4 is 20.1 Å². The number of halogens is 1. The van der Waals surface area contributed by atoms with Crippen LogP contribution in [0.2, 0.25) is 0 Å². The van der Waals surface area contributed by atoms with Crippen molar-refractivity contribution in [2.24, 2.45) is 4.99 Å². The molecule has 0 radical (unpaired) electrons. The van der Waals surface area contributed by atoms with Crippen LogP contribution in [0.5, 0.6) is 11.5 Å². The molecular formula is C19H35IN4O2S. The third-order valence-corrected chi connectivity index (χ3v) is 5.59.